The summed E-state index contributed by atoms with van der Waals surface area (Å²) < 4.78 is 11.7. The van der Waals surface area contributed by atoms with E-state index in [9.17, 15) is 5.11 Å². The lowest BCUT2D eigenvalue weighted by molar-refractivity contribution is 0.100. The number of aromatic nitrogens is 1. The van der Waals surface area contributed by atoms with Gasteiger partial charge in [0.25, 0.3) is 0 Å². The van der Waals surface area contributed by atoms with E-state index in [4.69, 9.17) is 9.47 Å². The third-order valence-corrected chi connectivity index (χ3v) is 5.20. The van der Waals surface area contributed by atoms with Crippen LogP contribution < -0.4 is 9.47 Å². The third kappa shape index (κ3) is 6.43. The van der Waals surface area contributed by atoms with Crippen molar-refractivity contribution in [2.24, 2.45) is 0 Å². The summed E-state index contributed by atoms with van der Waals surface area (Å²) in [6.07, 6.45) is 4.47. The Hall–Kier alpha value is -3.63. The van der Waals surface area contributed by atoms with Crippen LogP contribution in [0.5, 0.6) is 11.5 Å². The van der Waals surface area contributed by atoms with Crippen LogP contribution >= 0.6 is 0 Å². The summed E-state index contributed by atoms with van der Waals surface area (Å²) in [7, 11) is 0. The molecular weight excluding hydrogens is 398 g/mol. The SMILES string of the molecule is O[C@H](CCc1cccnc1)COc1ccc(-c2cccc(OCc3ccccc3)c2)cc1. The minimum Gasteiger partial charge on any atom is -0.491 e. The van der Waals surface area contributed by atoms with Gasteiger partial charge in [-0.1, -0.05) is 60.7 Å². The number of ether oxygens (including phenoxy) is 2. The van der Waals surface area contributed by atoms with Crippen molar-refractivity contribution in [3.8, 4) is 22.6 Å². The Morgan fingerprint density at radius 1 is 0.719 bits per heavy atom. The first-order valence-corrected chi connectivity index (χ1v) is 10.8. The fraction of sp³-hybridized carbons (Fsp3) is 0.179. The molecule has 1 aromatic heterocycles. The van der Waals surface area contributed by atoms with E-state index in [-0.39, 0.29) is 6.61 Å². The molecule has 0 aliphatic carbocycles. The van der Waals surface area contributed by atoms with E-state index < -0.39 is 6.10 Å². The number of hydrogen-bond donors (Lipinski definition) is 1. The molecule has 1 N–H and O–H groups in total. The minimum atomic E-state index is -0.520. The Morgan fingerprint density at radius 3 is 2.31 bits per heavy atom. The van der Waals surface area contributed by atoms with Crippen LogP contribution in [0.4, 0.5) is 0 Å². The van der Waals surface area contributed by atoms with Gasteiger partial charge in [-0.25, -0.2) is 0 Å². The van der Waals surface area contributed by atoms with Crippen molar-refractivity contribution >= 4 is 0 Å². The van der Waals surface area contributed by atoms with E-state index >= 15 is 0 Å². The zero-order valence-corrected chi connectivity index (χ0v) is 17.9. The number of pyridine rings is 1. The number of benzene rings is 3. The third-order valence-electron chi connectivity index (χ3n) is 5.20. The molecule has 162 valence electrons. The summed E-state index contributed by atoms with van der Waals surface area (Å²) in [6, 6.07) is 30.0. The first-order valence-electron chi connectivity index (χ1n) is 10.8. The molecule has 4 rings (SSSR count). The number of hydrogen-bond acceptors (Lipinski definition) is 4. The van der Waals surface area contributed by atoms with E-state index in [1.807, 2.05) is 79.0 Å². The normalized spacial score (nSPS) is 11.7. The smallest absolute Gasteiger partial charge is 0.120 e. The Balaban J connectivity index is 1.28. The molecule has 0 spiro atoms. The molecule has 0 amide bonds. The Kier molecular flexibility index (Phi) is 7.51. The van der Waals surface area contributed by atoms with Gasteiger partial charge in [-0.3, -0.25) is 4.98 Å². The molecule has 0 unspecified atom stereocenters. The van der Waals surface area contributed by atoms with Crippen molar-refractivity contribution in [1.29, 1.82) is 0 Å². The van der Waals surface area contributed by atoms with E-state index in [0.717, 1.165) is 40.2 Å². The lowest BCUT2D eigenvalue weighted by Gasteiger charge is -2.13. The van der Waals surface area contributed by atoms with E-state index in [2.05, 4.69) is 23.2 Å². The van der Waals surface area contributed by atoms with Crippen LogP contribution in [0.25, 0.3) is 11.1 Å². The summed E-state index contributed by atoms with van der Waals surface area (Å²) in [6.45, 7) is 0.808. The van der Waals surface area contributed by atoms with Gasteiger partial charge in [-0.2, -0.15) is 0 Å². The molecule has 4 nitrogen and oxygen atoms in total. The van der Waals surface area contributed by atoms with Crippen LogP contribution in [-0.2, 0) is 13.0 Å². The first kappa shape index (κ1) is 21.6. The summed E-state index contributed by atoms with van der Waals surface area (Å²) in [4.78, 5) is 4.10. The number of aliphatic hydroxyl groups is 1. The van der Waals surface area contributed by atoms with Gasteiger partial charge in [0.2, 0.25) is 0 Å². The van der Waals surface area contributed by atoms with Gasteiger partial charge in [0.15, 0.2) is 0 Å². The lowest BCUT2D eigenvalue weighted by atomic mass is 10.1. The second-order valence-electron chi connectivity index (χ2n) is 7.69. The molecule has 0 saturated carbocycles. The van der Waals surface area contributed by atoms with Crippen molar-refractivity contribution in [3.63, 3.8) is 0 Å². The first-order chi connectivity index (χ1) is 15.8. The molecule has 3 aromatic carbocycles. The van der Waals surface area contributed by atoms with Gasteiger partial charge in [0, 0.05) is 12.4 Å². The zero-order chi connectivity index (χ0) is 22.0. The highest BCUT2D eigenvalue weighted by Crippen LogP contribution is 2.26. The summed E-state index contributed by atoms with van der Waals surface area (Å²) in [5, 5.41) is 10.2. The molecular formula is C28H27NO3. The molecule has 0 aliphatic heterocycles. The summed E-state index contributed by atoms with van der Waals surface area (Å²) >= 11 is 0. The maximum atomic E-state index is 10.2. The van der Waals surface area contributed by atoms with E-state index in [0.29, 0.717) is 13.0 Å². The Morgan fingerprint density at radius 2 is 1.53 bits per heavy atom. The highest BCUT2D eigenvalue weighted by Gasteiger charge is 2.07. The van der Waals surface area contributed by atoms with Crippen molar-refractivity contribution in [1.82, 2.24) is 4.98 Å². The van der Waals surface area contributed by atoms with Gasteiger partial charge in [-0.15, -0.1) is 0 Å². The number of aryl methyl sites for hydroxylation is 1. The molecule has 0 fully saturated rings. The second-order valence-corrected chi connectivity index (χ2v) is 7.69. The highest BCUT2D eigenvalue weighted by atomic mass is 16.5. The number of nitrogens with zero attached hydrogens (tertiary/aromatic N) is 1. The van der Waals surface area contributed by atoms with Crippen LogP contribution in [0, 0.1) is 0 Å². The van der Waals surface area contributed by atoms with Crippen LogP contribution in [-0.4, -0.2) is 22.8 Å². The molecule has 0 aliphatic rings. The largest absolute Gasteiger partial charge is 0.491 e. The average Bonchev–Trinajstić information content (AvgIpc) is 2.87. The van der Waals surface area contributed by atoms with Gasteiger partial charge in [-0.05, 0) is 65.4 Å². The van der Waals surface area contributed by atoms with Gasteiger partial charge >= 0.3 is 0 Å². The van der Waals surface area contributed by atoms with E-state index in [1.54, 1.807) is 6.20 Å². The monoisotopic (exact) mass is 425 g/mol. The fourth-order valence-corrected chi connectivity index (χ4v) is 3.40. The molecule has 32 heavy (non-hydrogen) atoms. The van der Waals surface area contributed by atoms with E-state index in [1.165, 1.54) is 0 Å². The van der Waals surface area contributed by atoms with Gasteiger partial charge in [0.1, 0.15) is 24.7 Å². The predicted octanol–water partition coefficient (Wildman–Crippen LogP) is 5.70. The highest BCUT2D eigenvalue weighted by molar-refractivity contribution is 5.65. The maximum absolute atomic E-state index is 10.2. The Bertz CT molecular complexity index is 1080. The van der Waals surface area contributed by atoms with Crippen LogP contribution in [0.3, 0.4) is 0 Å². The number of aliphatic hydroxyl groups excluding tert-OH is 1. The van der Waals surface area contributed by atoms with Crippen LogP contribution in [0.1, 0.15) is 17.5 Å². The molecule has 4 aromatic rings. The minimum absolute atomic E-state index is 0.266. The zero-order valence-electron chi connectivity index (χ0n) is 17.9. The summed E-state index contributed by atoms with van der Waals surface area (Å²) in [5.41, 5.74) is 4.42. The Labute approximate surface area is 189 Å². The quantitative estimate of drug-likeness (QED) is 0.354. The molecule has 0 bridgehead atoms. The van der Waals surface area contributed by atoms with Crippen molar-refractivity contribution in [3.05, 3.63) is 115 Å². The summed E-state index contributed by atoms with van der Waals surface area (Å²) in [5.74, 6) is 1.58. The molecule has 0 saturated heterocycles. The van der Waals surface area contributed by atoms with Gasteiger partial charge < -0.3 is 14.6 Å². The van der Waals surface area contributed by atoms with Crippen LogP contribution in [0.15, 0.2) is 103 Å². The lowest BCUT2D eigenvalue weighted by Crippen LogP contribution is -2.18. The van der Waals surface area contributed by atoms with Crippen LogP contribution in [0.2, 0.25) is 0 Å². The van der Waals surface area contributed by atoms with Crippen molar-refractivity contribution in [2.75, 3.05) is 6.61 Å². The average molecular weight is 426 g/mol. The van der Waals surface area contributed by atoms with Crippen molar-refractivity contribution < 1.29 is 14.6 Å². The molecule has 0 radical (unpaired) electrons. The second kappa shape index (κ2) is 11.1. The predicted molar refractivity (Wildman–Crippen MR) is 127 cm³/mol. The molecule has 4 heteroatoms. The fourth-order valence-electron chi connectivity index (χ4n) is 3.40. The number of rotatable bonds is 10. The van der Waals surface area contributed by atoms with Gasteiger partial charge in [0.05, 0.1) is 6.10 Å². The standard InChI is InChI=1S/C28H27NO3/c30-26(14-11-22-8-5-17-29-19-22)21-32-27-15-12-24(13-16-27)25-9-4-10-28(18-25)31-20-23-6-2-1-3-7-23/h1-10,12-13,15-19,26,30H,11,14,20-21H2/t26-/m1/s1. The molecule has 1 heterocycles. The topological polar surface area (TPSA) is 51.6 Å². The van der Waals surface area contributed by atoms with Crippen molar-refractivity contribution in [2.45, 2.75) is 25.6 Å². The maximum Gasteiger partial charge on any atom is 0.120 e. The molecule has 1 atom stereocenters.